The molecule has 104 valence electrons. The van der Waals surface area contributed by atoms with E-state index in [4.69, 9.17) is 0 Å². The molecule has 0 heterocycles. The van der Waals surface area contributed by atoms with E-state index in [1.807, 2.05) is 37.3 Å². The van der Waals surface area contributed by atoms with E-state index < -0.39 is 0 Å². The second-order valence-corrected chi connectivity index (χ2v) is 4.67. The Morgan fingerprint density at radius 1 is 1.05 bits per heavy atom. The van der Waals surface area contributed by atoms with Crippen molar-refractivity contribution < 1.29 is 9.18 Å². The van der Waals surface area contributed by atoms with Gasteiger partial charge in [0.05, 0.1) is 6.04 Å². The van der Waals surface area contributed by atoms with Crippen molar-refractivity contribution in [2.24, 2.45) is 0 Å². The van der Waals surface area contributed by atoms with Gasteiger partial charge in [0.15, 0.2) is 0 Å². The van der Waals surface area contributed by atoms with Crippen LogP contribution in [0.4, 0.5) is 4.39 Å². The summed E-state index contributed by atoms with van der Waals surface area (Å²) in [7, 11) is 0. The minimum Gasteiger partial charge on any atom is -0.332 e. The molecule has 0 aliphatic rings. The van der Waals surface area contributed by atoms with Gasteiger partial charge in [-0.05, 0) is 30.2 Å². The van der Waals surface area contributed by atoms with E-state index in [0.29, 0.717) is 6.54 Å². The standard InChI is InChI=1S/C17H18FNO/c1-3-19(13(2)20)17(14-7-5-4-6-8-14)15-9-11-16(18)12-10-15/h4-12,17H,3H2,1-2H3/t17-/m1/s1. The lowest BCUT2D eigenvalue weighted by atomic mass is 9.97. The van der Waals surface area contributed by atoms with Gasteiger partial charge >= 0.3 is 0 Å². The van der Waals surface area contributed by atoms with E-state index >= 15 is 0 Å². The van der Waals surface area contributed by atoms with Crippen LogP contribution in [0.15, 0.2) is 54.6 Å². The van der Waals surface area contributed by atoms with Crippen LogP contribution in [0.2, 0.25) is 0 Å². The molecular formula is C17H18FNO. The Labute approximate surface area is 118 Å². The van der Waals surface area contributed by atoms with E-state index in [2.05, 4.69) is 0 Å². The van der Waals surface area contributed by atoms with Crippen molar-refractivity contribution >= 4 is 5.91 Å². The summed E-state index contributed by atoms with van der Waals surface area (Å²) in [5.74, 6) is -0.267. The molecule has 0 fully saturated rings. The highest BCUT2D eigenvalue weighted by atomic mass is 19.1. The molecule has 0 radical (unpaired) electrons. The predicted octanol–water partition coefficient (Wildman–Crippen LogP) is 3.78. The number of amides is 1. The Balaban J connectivity index is 2.49. The summed E-state index contributed by atoms with van der Waals surface area (Å²) >= 11 is 0. The first-order valence-electron chi connectivity index (χ1n) is 6.71. The number of hydrogen-bond donors (Lipinski definition) is 0. The Morgan fingerprint density at radius 2 is 1.60 bits per heavy atom. The number of halogens is 1. The largest absolute Gasteiger partial charge is 0.332 e. The van der Waals surface area contributed by atoms with Gasteiger partial charge < -0.3 is 4.90 Å². The van der Waals surface area contributed by atoms with Crippen LogP contribution in [0, 0.1) is 5.82 Å². The van der Waals surface area contributed by atoms with Crippen molar-refractivity contribution in [1.29, 1.82) is 0 Å². The van der Waals surface area contributed by atoms with Crippen LogP contribution in [0.3, 0.4) is 0 Å². The first kappa shape index (κ1) is 14.3. The van der Waals surface area contributed by atoms with Gasteiger partial charge in [-0.25, -0.2) is 4.39 Å². The van der Waals surface area contributed by atoms with Crippen LogP contribution in [0.1, 0.15) is 31.0 Å². The summed E-state index contributed by atoms with van der Waals surface area (Å²) in [4.78, 5) is 13.7. The molecule has 0 unspecified atom stereocenters. The molecule has 2 aromatic carbocycles. The Morgan fingerprint density at radius 3 is 2.10 bits per heavy atom. The molecule has 0 saturated carbocycles. The summed E-state index contributed by atoms with van der Waals surface area (Å²) in [5.41, 5.74) is 1.94. The number of carbonyl (C=O) groups is 1. The van der Waals surface area contributed by atoms with Gasteiger partial charge in [0.1, 0.15) is 5.82 Å². The predicted molar refractivity (Wildman–Crippen MR) is 77.7 cm³/mol. The second kappa shape index (κ2) is 6.33. The molecule has 2 rings (SSSR count). The Hall–Kier alpha value is -2.16. The van der Waals surface area contributed by atoms with Crippen LogP contribution in [0.25, 0.3) is 0 Å². The van der Waals surface area contributed by atoms with E-state index in [0.717, 1.165) is 11.1 Å². The fourth-order valence-electron chi connectivity index (χ4n) is 2.42. The lowest BCUT2D eigenvalue weighted by Crippen LogP contribution is -2.33. The fourth-order valence-corrected chi connectivity index (χ4v) is 2.42. The van der Waals surface area contributed by atoms with E-state index in [1.165, 1.54) is 12.1 Å². The molecule has 0 N–H and O–H groups in total. The third-order valence-electron chi connectivity index (χ3n) is 3.36. The zero-order chi connectivity index (χ0) is 14.5. The Kier molecular flexibility index (Phi) is 4.51. The first-order chi connectivity index (χ1) is 9.63. The molecule has 1 atom stereocenters. The summed E-state index contributed by atoms with van der Waals surface area (Å²) in [6.45, 7) is 4.11. The van der Waals surface area contributed by atoms with E-state index in [1.54, 1.807) is 24.0 Å². The average Bonchev–Trinajstić information content (AvgIpc) is 2.46. The maximum absolute atomic E-state index is 13.1. The van der Waals surface area contributed by atoms with E-state index in [9.17, 15) is 9.18 Å². The fraction of sp³-hybridized carbons (Fsp3) is 0.235. The van der Waals surface area contributed by atoms with Gasteiger partial charge in [0, 0.05) is 13.5 Å². The highest BCUT2D eigenvalue weighted by molar-refractivity contribution is 5.74. The van der Waals surface area contributed by atoms with Crippen molar-refractivity contribution in [2.45, 2.75) is 19.9 Å². The van der Waals surface area contributed by atoms with Gasteiger partial charge in [-0.15, -0.1) is 0 Å². The van der Waals surface area contributed by atoms with Gasteiger partial charge in [-0.1, -0.05) is 42.5 Å². The maximum Gasteiger partial charge on any atom is 0.220 e. The number of nitrogens with zero attached hydrogens (tertiary/aromatic N) is 1. The highest BCUT2D eigenvalue weighted by Gasteiger charge is 2.23. The molecule has 1 amide bonds. The first-order valence-corrected chi connectivity index (χ1v) is 6.71. The molecule has 2 aromatic rings. The summed E-state index contributed by atoms with van der Waals surface area (Å²) in [6.07, 6.45) is 0. The van der Waals surface area contributed by atoms with Gasteiger partial charge in [-0.2, -0.15) is 0 Å². The molecule has 0 aliphatic carbocycles. The topological polar surface area (TPSA) is 20.3 Å². The number of rotatable bonds is 4. The lowest BCUT2D eigenvalue weighted by molar-refractivity contribution is -0.130. The lowest BCUT2D eigenvalue weighted by Gasteiger charge is -2.31. The van der Waals surface area contributed by atoms with Crippen molar-refractivity contribution in [3.05, 3.63) is 71.5 Å². The molecule has 0 aliphatic heterocycles. The van der Waals surface area contributed by atoms with Crippen LogP contribution >= 0.6 is 0 Å². The van der Waals surface area contributed by atoms with Crippen LogP contribution in [0.5, 0.6) is 0 Å². The van der Waals surface area contributed by atoms with E-state index in [-0.39, 0.29) is 17.8 Å². The summed E-state index contributed by atoms with van der Waals surface area (Å²) < 4.78 is 13.1. The molecule has 0 aromatic heterocycles. The SMILES string of the molecule is CCN(C(C)=O)[C@H](c1ccccc1)c1ccc(F)cc1. The number of hydrogen-bond acceptors (Lipinski definition) is 1. The third-order valence-corrected chi connectivity index (χ3v) is 3.36. The van der Waals surface area contributed by atoms with Crippen molar-refractivity contribution in [3.63, 3.8) is 0 Å². The van der Waals surface area contributed by atoms with Crippen LogP contribution < -0.4 is 0 Å². The normalized spacial score (nSPS) is 11.9. The van der Waals surface area contributed by atoms with Crippen molar-refractivity contribution in [2.75, 3.05) is 6.54 Å². The molecule has 0 bridgehead atoms. The van der Waals surface area contributed by atoms with Gasteiger partial charge in [0.2, 0.25) is 5.91 Å². The molecule has 0 spiro atoms. The molecule has 3 heteroatoms. The summed E-state index contributed by atoms with van der Waals surface area (Å²) in [6, 6.07) is 15.9. The van der Waals surface area contributed by atoms with Crippen LogP contribution in [-0.2, 0) is 4.79 Å². The van der Waals surface area contributed by atoms with Crippen LogP contribution in [-0.4, -0.2) is 17.4 Å². The number of carbonyl (C=O) groups excluding carboxylic acids is 1. The van der Waals surface area contributed by atoms with Gasteiger partial charge in [-0.3, -0.25) is 4.79 Å². The van der Waals surface area contributed by atoms with Crippen molar-refractivity contribution in [1.82, 2.24) is 4.90 Å². The molecular weight excluding hydrogens is 253 g/mol. The minimum atomic E-state index is -0.272. The molecule has 0 saturated heterocycles. The van der Waals surface area contributed by atoms with Gasteiger partial charge in [0.25, 0.3) is 0 Å². The minimum absolute atomic E-state index is 0.00526. The maximum atomic E-state index is 13.1. The third kappa shape index (κ3) is 3.05. The van der Waals surface area contributed by atoms with Crippen molar-refractivity contribution in [3.8, 4) is 0 Å². The smallest absolute Gasteiger partial charge is 0.220 e. The zero-order valence-corrected chi connectivity index (χ0v) is 11.7. The Bertz CT molecular complexity index is 565. The molecule has 20 heavy (non-hydrogen) atoms. The quantitative estimate of drug-likeness (QED) is 0.828. The second-order valence-electron chi connectivity index (χ2n) is 4.67. The molecule has 2 nitrogen and oxygen atoms in total. The zero-order valence-electron chi connectivity index (χ0n) is 11.7. The highest BCUT2D eigenvalue weighted by Crippen LogP contribution is 2.28. The number of benzene rings is 2. The average molecular weight is 271 g/mol. The monoisotopic (exact) mass is 271 g/mol. The summed E-state index contributed by atoms with van der Waals surface area (Å²) in [5, 5.41) is 0.